The van der Waals surface area contributed by atoms with E-state index in [0.29, 0.717) is 35.2 Å². The lowest BCUT2D eigenvalue weighted by Gasteiger charge is -2.34. The highest BCUT2D eigenvalue weighted by molar-refractivity contribution is 6.33. The number of likely N-dealkylation sites (N-methyl/N-ethyl adjacent to an activating group) is 1. The van der Waals surface area contributed by atoms with E-state index < -0.39 is 11.6 Å². The fourth-order valence-electron chi connectivity index (χ4n) is 3.17. The van der Waals surface area contributed by atoms with Crippen LogP contribution in [-0.4, -0.2) is 18.1 Å². The molecular formula is C24H26ClF2NO. The molecule has 0 fully saturated rings. The van der Waals surface area contributed by atoms with Gasteiger partial charge in [0.1, 0.15) is 17.4 Å². The maximum Gasteiger partial charge on any atom is 0.139 e. The first-order chi connectivity index (χ1) is 14.0. The highest BCUT2D eigenvalue weighted by Gasteiger charge is 2.29. The summed E-state index contributed by atoms with van der Waals surface area (Å²) in [7, 11) is 0. The zero-order valence-electron chi connectivity index (χ0n) is 17.2. The van der Waals surface area contributed by atoms with Gasteiger partial charge in [-0.05, 0) is 25.5 Å². The molecule has 0 unspecified atom stereocenters. The average molecular weight is 418 g/mol. The van der Waals surface area contributed by atoms with Gasteiger partial charge < -0.3 is 9.64 Å². The maximum absolute atomic E-state index is 15.0. The quantitative estimate of drug-likeness (QED) is 0.508. The minimum absolute atomic E-state index is 0.124. The predicted octanol–water partition coefficient (Wildman–Crippen LogP) is 7.23. The SMILES string of the molecule is C=C1C(Cl)=CC(c2ccccc2)=C(c2c(F)cc(OCC)cc2F)N1CC.CC. The van der Waals surface area contributed by atoms with Gasteiger partial charge in [0.2, 0.25) is 0 Å². The molecule has 154 valence electrons. The van der Waals surface area contributed by atoms with Gasteiger partial charge in [-0.15, -0.1) is 0 Å². The second kappa shape index (κ2) is 10.3. The molecule has 0 saturated heterocycles. The van der Waals surface area contributed by atoms with Gasteiger partial charge in [-0.2, -0.15) is 0 Å². The molecule has 0 saturated carbocycles. The van der Waals surface area contributed by atoms with Gasteiger partial charge in [-0.3, -0.25) is 0 Å². The van der Waals surface area contributed by atoms with Crippen LogP contribution < -0.4 is 4.74 Å². The van der Waals surface area contributed by atoms with E-state index in [0.717, 1.165) is 5.56 Å². The lowest BCUT2D eigenvalue weighted by Crippen LogP contribution is -2.26. The van der Waals surface area contributed by atoms with E-state index in [4.69, 9.17) is 16.3 Å². The molecule has 29 heavy (non-hydrogen) atoms. The molecule has 1 aliphatic rings. The molecule has 1 aliphatic heterocycles. The van der Waals surface area contributed by atoms with Crippen LogP contribution in [0.2, 0.25) is 0 Å². The van der Waals surface area contributed by atoms with Crippen molar-refractivity contribution in [3.8, 4) is 5.75 Å². The molecule has 0 atom stereocenters. The Balaban J connectivity index is 0.00000145. The Morgan fingerprint density at radius 1 is 1.03 bits per heavy atom. The average Bonchev–Trinajstić information content (AvgIpc) is 2.72. The number of benzene rings is 2. The fourth-order valence-corrected chi connectivity index (χ4v) is 3.38. The first kappa shape index (κ1) is 22.7. The zero-order valence-corrected chi connectivity index (χ0v) is 18.0. The Morgan fingerprint density at radius 3 is 2.14 bits per heavy atom. The summed E-state index contributed by atoms with van der Waals surface area (Å²) in [5, 5.41) is 0.436. The monoisotopic (exact) mass is 417 g/mol. The molecule has 0 aliphatic carbocycles. The number of nitrogens with zero attached hydrogens (tertiary/aromatic N) is 1. The van der Waals surface area contributed by atoms with Crippen LogP contribution in [0.4, 0.5) is 8.78 Å². The van der Waals surface area contributed by atoms with Gasteiger partial charge in [0.15, 0.2) is 0 Å². The van der Waals surface area contributed by atoms with E-state index in [-0.39, 0.29) is 11.3 Å². The molecular weight excluding hydrogens is 392 g/mol. The van der Waals surface area contributed by atoms with Crippen molar-refractivity contribution in [2.75, 3.05) is 13.2 Å². The van der Waals surface area contributed by atoms with Gasteiger partial charge in [0.25, 0.3) is 0 Å². The maximum atomic E-state index is 15.0. The topological polar surface area (TPSA) is 12.5 Å². The summed E-state index contributed by atoms with van der Waals surface area (Å²) in [5.41, 5.74) is 2.22. The van der Waals surface area contributed by atoms with Crippen molar-refractivity contribution in [2.45, 2.75) is 27.7 Å². The second-order valence-corrected chi connectivity index (χ2v) is 6.41. The second-order valence-electron chi connectivity index (χ2n) is 6.01. The highest BCUT2D eigenvalue weighted by atomic mass is 35.5. The first-order valence-corrected chi connectivity index (χ1v) is 10.1. The van der Waals surface area contributed by atoms with Crippen molar-refractivity contribution < 1.29 is 13.5 Å². The van der Waals surface area contributed by atoms with Crippen molar-refractivity contribution in [1.29, 1.82) is 0 Å². The normalized spacial score (nSPS) is 13.7. The third kappa shape index (κ3) is 4.70. The molecule has 2 aromatic rings. The van der Waals surface area contributed by atoms with Crippen LogP contribution in [-0.2, 0) is 0 Å². The first-order valence-electron chi connectivity index (χ1n) is 9.73. The Hall–Kier alpha value is -2.59. The number of hydrogen-bond donors (Lipinski definition) is 0. The lowest BCUT2D eigenvalue weighted by atomic mass is 9.94. The summed E-state index contributed by atoms with van der Waals surface area (Å²) >= 11 is 6.36. The van der Waals surface area contributed by atoms with Crippen molar-refractivity contribution in [2.24, 2.45) is 0 Å². The van der Waals surface area contributed by atoms with Crippen LogP contribution in [0, 0.1) is 11.6 Å². The van der Waals surface area contributed by atoms with Crippen LogP contribution in [0.5, 0.6) is 5.75 Å². The van der Waals surface area contributed by atoms with Gasteiger partial charge in [-0.1, -0.05) is 62.4 Å². The smallest absolute Gasteiger partial charge is 0.139 e. The van der Waals surface area contributed by atoms with E-state index in [1.54, 1.807) is 17.9 Å². The van der Waals surface area contributed by atoms with Crippen LogP contribution >= 0.6 is 11.6 Å². The molecule has 3 rings (SSSR count). The summed E-state index contributed by atoms with van der Waals surface area (Å²) in [6, 6.07) is 11.8. The summed E-state index contributed by atoms with van der Waals surface area (Å²) in [6.07, 6.45) is 1.70. The highest BCUT2D eigenvalue weighted by Crippen LogP contribution is 2.42. The summed E-state index contributed by atoms with van der Waals surface area (Å²) in [6.45, 7) is 12.4. The molecule has 0 radical (unpaired) electrons. The summed E-state index contributed by atoms with van der Waals surface area (Å²) in [4.78, 5) is 1.73. The molecule has 0 N–H and O–H groups in total. The third-order valence-corrected chi connectivity index (χ3v) is 4.69. The van der Waals surface area contributed by atoms with Crippen LogP contribution in [0.3, 0.4) is 0 Å². The number of ether oxygens (including phenoxy) is 1. The van der Waals surface area contributed by atoms with E-state index in [1.165, 1.54) is 12.1 Å². The van der Waals surface area contributed by atoms with Crippen molar-refractivity contribution in [3.63, 3.8) is 0 Å². The van der Waals surface area contributed by atoms with Crippen molar-refractivity contribution in [1.82, 2.24) is 4.90 Å². The standard InChI is InChI=1S/C22H20ClF2NO.C2H6/c1-4-26-14(3)18(23)13-17(15-9-7-6-8-10-15)22(26)21-19(24)11-16(27-5-2)12-20(21)25;1-2/h6-13H,3-5H2,1-2H3;1-2H3. The van der Waals surface area contributed by atoms with E-state index in [2.05, 4.69) is 6.58 Å². The predicted molar refractivity (Wildman–Crippen MR) is 118 cm³/mol. The van der Waals surface area contributed by atoms with Gasteiger partial charge in [0, 0.05) is 24.3 Å². The Labute approximate surface area is 176 Å². The lowest BCUT2D eigenvalue weighted by molar-refractivity contribution is 0.335. The van der Waals surface area contributed by atoms with E-state index in [9.17, 15) is 8.78 Å². The van der Waals surface area contributed by atoms with Gasteiger partial charge >= 0.3 is 0 Å². The third-order valence-electron chi connectivity index (χ3n) is 4.36. The van der Waals surface area contributed by atoms with Gasteiger partial charge in [-0.25, -0.2) is 8.78 Å². The van der Waals surface area contributed by atoms with Crippen LogP contribution in [0.15, 0.2) is 65.8 Å². The van der Waals surface area contributed by atoms with E-state index in [1.807, 2.05) is 51.1 Å². The minimum Gasteiger partial charge on any atom is -0.494 e. The fraction of sp³-hybridized carbons (Fsp3) is 0.250. The largest absolute Gasteiger partial charge is 0.494 e. The molecule has 5 heteroatoms. The van der Waals surface area contributed by atoms with E-state index >= 15 is 0 Å². The minimum atomic E-state index is -0.695. The van der Waals surface area contributed by atoms with Crippen LogP contribution in [0.25, 0.3) is 11.3 Å². The molecule has 2 nitrogen and oxygen atoms in total. The molecule has 1 heterocycles. The summed E-state index contributed by atoms with van der Waals surface area (Å²) < 4.78 is 35.2. The molecule has 0 amide bonds. The van der Waals surface area contributed by atoms with Crippen molar-refractivity contribution in [3.05, 3.63) is 88.6 Å². The Morgan fingerprint density at radius 2 is 1.62 bits per heavy atom. The number of allylic oxidation sites excluding steroid dienone is 3. The Kier molecular flexibility index (Phi) is 8.03. The number of hydrogen-bond acceptors (Lipinski definition) is 2. The molecule has 0 spiro atoms. The molecule has 0 aromatic heterocycles. The summed E-state index contributed by atoms with van der Waals surface area (Å²) in [5.74, 6) is -1.23. The zero-order chi connectivity index (χ0) is 21.6. The van der Waals surface area contributed by atoms with Crippen LogP contribution in [0.1, 0.15) is 38.8 Å². The molecule has 0 bridgehead atoms. The molecule has 2 aromatic carbocycles. The Bertz CT molecular complexity index is 912. The number of rotatable bonds is 5. The van der Waals surface area contributed by atoms with Crippen molar-refractivity contribution >= 4 is 22.9 Å². The van der Waals surface area contributed by atoms with Gasteiger partial charge in [0.05, 0.1) is 28.6 Å². The number of halogens is 3.